The van der Waals surface area contributed by atoms with Crippen molar-refractivity contribution in [1.29, 1.82) is 0 Å². The molecule has 0 bridgehead atoms. The summed E-state index contributed by atoms with van der Waals surface area (Å²) in [5, 5.41) is 1.30. The third-order valence-corrected chi connectivity index (χ3v) is 4.68. The van der Waals surface area contributed by atoms with Gasteiger partial charge in [0, 0.05) is 9.86 Å². The summed E-state index contributed by atoms with van der Waals surface area (Å²) in [6.07, 6.45) is 0. The largest absolute Gasteiger partial charge is 0.227 e. The number of rotatable bonds is 1. The van der Waals surface area contributed by atoms with E-state index in [1.165, 1.54) is 11.3 Å². The smallest absolute Gasteiger partial charge is 0.171 e. The zero-order chi connectivity index (χ0) is 13.6. The van der Waals surface area contributed by atoms with Gasteiger partial charge in [0.25, 0.3) is 0 Å². The average molecular weight is 374 g/mol. The molecule has 0 N–H and O–H groups in total. The van der Waals surface area contributed by atoms with Crippen LogP contribution < -0.4 is 0 Å². The molecule has 0 amide bonds. The van der Waals surface area contributed by atoms with E-state index in [0.717, 1.165) is 25.8 Å². The molecular formula is C13H7BrCl2N2S. The molecule has 2 aromatic heterocycles. The molecule has 0 unspecified atom stereocenters. The van der Waals surface area contributed by atoms with Crippen LogP contribution in [0, 0.1) is 6.92 Å². The molecule has 0 radical (unpaired) electrons. The topological polar surface area (TPSA) is 25.8 Å². The molecule has 6 heteroatoms. The number of benzene rings is 1. The van der Waals surface area contributed by atoms with E-state index in [1.807, 2.05) is 31.2 Å². The summed E-state index contributed by atoms with van der Waals surface area (Å²) < 4.78 is 1.68. The van der Waals surface area contributed by atoms with E-state index in [4.69, 9.17) is 23.2 Å². The van der Waals surface area contributed by atoms with Gasteiger partial charge in [-0.15, -0.1) is 11.3 Å². The van der Waals surface area contributed by atoms with Gasteiger partial charge in [-0.2, -0.15) is 0 Å². The number of aryl methyl sites for hydroxylation is 1. The van der Waals surface area contributed by atoms with Gasteiger partial charge < -0.3 is 0 Å². The Morgan fingerprint density at radius 2 is 1.95 bits per heavy atom. The van der Waals surface area contributed by atoms with Crippen molar-refractivity contribution in [2.75, 3.05) is 0 Å². The summed E-state index contributed by atoms with van der Waals surface area (Å²) in [4.78, 5) is 9.86. The monoisotopic (exact) mass is 372 g/mol. The van der Waals surface area contributed by atoms with Crippen molar-refractivity contribution in [1.82, 2.24) is 9.97 Å². The highest BCUT2D eigenvalue weighted by atomic mass is 79.9. The van der Waals surface area contributed by atoms with Gasteiger partial charge in [-0.05, 0) is 36.8 Å². The normalized spacial score (nSPS) is 11.2. The van der Waals surface area contributed by atoms with E-state index in [9.17, 15) is 0 Å². The Kier molecular flexibility index (Phi) is 3.52. The molecule has 0 spiro atoms. The maximum Gasteiger partial charge on any atom is 0.171 e. The Morgan fingerprint density at radius 1 is 1.16 bits per heavy atom. The molecule has 0 aliphatic carbocycles. The van der Waals surface area contributed by atoms with Crippen LogP contribution in [0.3, 0.4) is 0 Å². The Morgan fingerprint density at radius 3 is 2.63 bits per heavy atom. The average Bonchev–Trinajstić information content (AvgIpc) is 2.77. The van der Waals surface area contributed by atoms with E-state index in [1.54, 1.807) is 0 Å². The van der Waals surface area contributed by atoms with Crippen LogP contribution in [-0.2, 0) is 0 Å². The zero-order valence-electron chi connectivity index (χ0n) is 9.75. The second kappa shape index (κ2) is 5.02. The molecule has 2 nitrogen and oxygen atoms in total. The SMILES string of the molecule is Cc1cc(Br)cc2c(Cl)nc(-c3ccc(Cl)s3)nc12. The second-order valence-corrected chi connectivity index (χ2v) is 7.05. The van der Waals surface area contributed by atoms with Crippen molar-refractivity contribution >= 4 is 61.4 Å². The third kappa shape index (κ3) is 2.50. The first-order valence-electron chi connectivity index (χ1n) is 5.44. The highest BCUT2D eigenvalue weighted by Crippen LogP contribution is 2.33. The summed E-state index contributed by atoms with van der Waals surface area (Å²) in [5.74, 6) is 0.611. The van der Waals surface area contributed by atoms with Crippen molar-refractivity contribution in [3.63, 3.8) is 0 Å². The fourth-order valence-corrected chi connectivity index (χ4v) is 3.64. The zero-order valence-corrected chi connectivity index (χ0v) is 13.7. The number of hydrogen-bond acceptors (Lipinski definition) is 3. The Hall–Kier alpha value is -0.680. The highest BCUT2D eigenvalue weighted by Gasteiger charge is 2.12. The summed E-state index contributed by atoms with van der Waals surface area (Å²) in [5.41, 5.74) is 1.92. The van der Waals surface area contributed by atoms with Crippen LogP contribution in [-0.4, -0.2) is 9.97 Å². The van der Waals surface area contributed by atoms with Crippen molar-refractivity contribution in [2.45, 2.75) is 6.92 Å². The van der Waals surface area contributed by atoms with Gasteiger partial charge in [0.1, 0.15) is 5.15 Å². The minimum absolute atomic E-state index is 0.453. The predicted octanol–water partition coefficient (Wildman–Crippen LogP) is 5.74. The fraction of sp³-hybridized carbons (Fsp3) is 0.0769. The fourth-order valence-electron chi connectivity index (χ4n) is 1.87. The van der Waals surface area contributed by atoms with E-state index in [0.29, 0.717) is 15.3 Å². The number of aromatic nitrogens is 2. The molecule has 3 aromatic rings. The predicted molar refractivity (Wildman–Crippen MR) is 85.3 cm³/mol. The van der Waals surface area contributed by atoms with Crippen molar-refractivity contribution in [2.24, 2.45) is 0 Å². The minimum Gasteiger partial charge on any atom is -0.227 e. The first-order chi connectivity index (χ1) is 9.04. The number of fused-ring (bicyclic) bond motifs is 1. The Bertz CT molecular complexity index is 786. The highest BCUT2D eigenvalue weighted by molar-refractivity contribution is 9.10. The number of nitrogens with zero attached hydrogens (tertiary/aromatic N) is 2. The van der Waals surface area contributed by atoms with Crippen LogP contribution in [0.2, 0.25) is 9.49 Å². The second-order valence-electron chi connectivity index (χ2n) is 4.06. The molecule has 96 valence electrons. The summed E-state index contributed by atoms with van der Waals surface area (Å²) in [7, 11) is 0. The molecular weight excluding hydrogens is 367 g/mol. The Labute approximate surface area is 132 Å². The van der Waals surface area contributed by atoms with Crippen LogP contribution in [0.4, 0.5) is 0 Å². The van der Waals surface area contributed by atoms with Crippen molar-refractivity contribution < 1.29 is 0 Å². The van der Waals surface area contributed by atoms with Crippen LogP contribution in [0.5, 0.6) is 0 Å². The summed E-state index contributed by atoms with van der Waals surface area (Å²) in [6, 6.07) is 7.67. The van der Waals surface area contributed by atoms with E-state index in [2.05, 4.69) is 25.9 Å². The Balaban J connectivity index is 2.30. The van der Waals surface area contributed by atoms with Gasteiger partial charge in [-0.25, -0.2) is 9.97 Å². The first-order valence-corrected chi connectivity index (χ1v) is 7.80. The lowest BCUT2D eigenvalue weighted by atomic mass is 10.1. The lowest BCUT2D eigenvalue weighted by Crippen LogP contribution is -1.92. The quantitative estimate of drug-likeness (QED) is 0.508. The van der Waals surface area contributed by atoms with Gasteiger partial charge in [-0.3, -0.25) is 0 Å². The molecule has 0 saturated heterocycles. The van der Waals surface area contributed by atoms with E-state index < -0.39 is 0 Å². The van der Waals surface area contributed by atoms with Crippen LogP contribution >= 0.6 is 50.5 Å². The van der Waals surface area contributed by atoms with Gasteiger partial charge in [0.2, 0.25) is 0 Å². The molecule has 2 heterocycles. The first kappa shape index (κ1) is 13.3. The molecule has 3 rings (SSSR count). The molecule has 0 aliphatic rings. The van der Waals surface area contributed by atoms with Crippen molar-refractivity contribution in [3.8, 4) is 10.7 Å². The van der Waals surface area contributed by atoms with E-state index in [-0.39, 0.29) is 0 Å². The summed E-state index contributed by atoms with van der Waals surface area (Å²) >= 11 is 17.1. The van der Waals surface area contributed by atoms with Gasteiger partial charge in [-0.1, -0.05) is 39.1 Å². The maximum atomic E-state index is 6.26. The van der Waals surface area contributed by atoms with Gasteiger partial charge >= 0.3 is 0 Å². The minimum atomic E-state index is 0.453. The molecule has 0 fully saturated rings. The number of halogens is 3. The third-order valence-electron chi connectivity index (χ3n) is 2.70. The van der Waals surface area contributed by atoms with Crippen molar-refractivity contribution in [3.05, 3.63) is 43.8 Å². The number of hydrogen-bond donors (Lipinski definition) is 0. The van der Waals surface area contributed by atoms with Crippen LogP contribution in [0.15, 0.2) is 28.7 Å². The van der Waals surface area contributed by atoms with Gasteiger partial charge in [0.15, 0.2) is 5.82 Å². The standard InChI is InChI=1S/C13H7BrCl2N2S/c1-6-4-7(14)5-8-11(6)17-13(18-12(8)16)9-2-3-10(15)19-9/h2-5H,1H3. The van der Waals surface area contributed by atoms with E-state index >= 15 is 0 Å². The van der Waals surface area contributed by atoms with Crippen LogP contribution in [0.25, 0.3) is 21.6 Å². The summed E-state index contributed by atoms with van der Waals surface area (Å²) in [6.45, 7) is 2.00. The molecule has 0 saturated carbocycles. The maximum absolute atomic E-state index is 6.26. The lowest BCUT2D eigenvalue weighted by Gasteiger charge is -2.06. The van der Waals surface area contributed by atoms with Gasteiger partial charge in [0.05, 0.1) is 14.7 Å². The number of thiophene rings is 1. The molecule has 19 heavy (non-hydrogen) atoms. The molecule has 1 aromatic carbocycles. The lowest BCUT2D eigenvalue weighted by molar-refractivity contribution is 1.23. The molecule has 0 atom stereocenters. The molecule has 0 aliphatic heterocycles. The van der Waals surface area contributed by atoms with Crippen LogP contribution in [0.1, 0.15) is 5.56 Å².